The molecule has 58 valence electrons. The van der Waals surface area contributed by atoms with Gasteiger partial charge in [-0.25, -0.2) is 4.84 Å². The smallest absolute Gasteiger partial charge is 0.224 e. The monoisotopic (exact) mass is 162 g/mol. The molecule has 10 heavy (non-hydrogen) atoms. The maximum atomic E-state index is 11.0. The van der Waals surface area contributed by atoms with Crippen LogP contribution in [0.25, 0.3) is 0 Å². The Balaban J connectivity index is 2.51. The average molecular weight is 163 g/mol. The summed E-state index contributed by atoms with van der Waals surface area (Å²) in [6.07, 6.45) is 0.913. The Bertz CT molecular complexity index is 140. The van der Waals surface area contributed by atoms with E-state index in [2.05, 4.69) is 10.2 Å². The highest BCUT2D eigenvalue weighted by molar-refractivity contribution is 6.13. The Kier molecular flexibility index (Phi) is 2.51. The van der Waals surface area contributed by atoms with E-state index < -0.39 is 0 Å². The van der Waals surface area contributed by atoms with Crippen LogP contribution in [0.4, 0.5) is 0 Å². The molecule has 1 fully saturated rings. The maximum Gasteiger partial charge on any atom is 0.224 e. The summed E-state index contributed by atoms with van der Waals surface area (Å²) < 4.78 is 0. The van der Waals surface area contributed by atoms with Crippen molar-refractivity contribution in [2.75, 3.05) is 6.54 Å². The Morgan fingerprint density at radius 1 is 1.80 bits per heavy atom. The second kappa shape index (κ2) is 3.21. The third kappa shape index (κ3) is 1.41. The number of hydrogen-bond acceptors (Lipinski definition) is 2. The quantitative estimate of drug-likeness (QED) is 0.543. The number of rotatable bonds is 1. The molecule has 0 saturated carbocycles. The minimum Gasteiger partial charge on any atom is -0.356 e. The average Bonchev–Trinajstić information content (AvgIpc) is 1.95. The van der Waals surface area contributed by atoms with Crippen LogP contribution in [-0.2, 0) is 4.79 Å². The van der Waals surface area contributed by atoms with Gasteiger partial charge in [0, 0.05) is 12.6 Å². The van der Waals surface area contributed by atoms with E-state index in [-0.39, 0.29) is 17.9 Å². The first-order valence-corrected chi connectivity index (χ1v) is 3.77. The Morgan fingerprint density at radius 2 is 2.50 bits per heavy atom. The lowest BCUT2D eigenvalue weighted by Crippen LogP contribution is -2.47. The van der Waals surface area contributed by atoms with Gasteiger partial charge in [0.15, 0.2) is 0 Å². The summed E-state index contributed by atoms with van der Waals surface area (Å²) in [5, 5.41) is 2.76. The van der Waals surface area contributed by atoms with Crippen molar-refractivity contribution in [3.63, 3.8) is 0 Å². The van der Waals surface area contributed by atoms with E-state index >= 15 is 0 Å². The van der Waals surface area contributed by atoms with Crippen LogP contribution < -0.4 is 10.2 Å². The van der Waals surface area contributed by atoms with Gasteiger partial charge in [-0.2, -0.15) is 0 Å². The Hall–Kier alpha value is -0.280. The zero-order chi connectivity index (χ0) is 7.56. The molecule has 2 N–H and O–H groups in total. The van der Waals surface area contributed by atoms with Gasteiger partial charge in [-0.05, 0) is 18.2 Å². The predicted molar refractivity (Wildman–Crippen MR) is 39.6 cm³/mol. The summed E-state index contributed by atoms with van der Waals surface area (Å²) in [5.74, 6) is 0.0793. The first-order chi connectivity index (χ1) is 4.75. The van der Waals surface area contributed by atoms with Crippen molar-refractivity contribution < 1.29 is 4.79 Å². The van der Waals surface area contributed by atoms with Crippen molar-refractivity contribution in [2.45, 2.75) is 19.4 Å². The molecule has 1 saturated heterocycles. The summed E-state index contributed by atoms with van der Waals surface area (Å²) in [5.41, 5.74) is 0. The van der Waals surface area contributed by atoms with Crippen LogP contribution in [0.3, 0.4) is 0 Å². The summed E-state index contributed by atoms with van der Waals surface area (Å²) in [7, 11) is 0. The van der Waals surface area contributed by atoms with Gasteiger partial charge in [0.25, 0.3) is 0 Å². The van der Waals surface area contributed by atoms with Gasteiger partial charge in [-0.3, -0.25) is 4.79 Å². The van der Waals surface area contributed by atoms with E-state index in [0.29, 0.717) is 0 Å². The van der Waals surface area contributed by atoms with Crippen LogP contribution >= 0.6 is 11.8 Å². The van der Waals surface area contributed by atoms with E-state index in [1.807, 2.05) is 6.92 Å². The van der Waals surface area contributed by atoms with Gasteiger partial charge in [-0.1, -0.05) is 6.92 Å². The lowest BCUT2D eigenvalue weighted by molar-refractivity contribution is -0.126. The van der Waals surface area contributed by atoms with Gasteiger partial charge >= 0.3 is 0 Å². The topological polar surface area (TPSA) is 41.1 Å². The fourth-order valence-corrected chi connectivity index (χ4v) is 1.39. The fourth-order valence-electron chi connectivity index (χ4n) is 1.09. The van der Waals surface area contributed by atoms with E-state index in [0.717, 1.165) is 13.0 Å². The molecular weight excluding hydrogens is 152 g/mol. The molecule has 3 nitrogen and oxygen atoms in total. The molecule has 0 unspecified atom stereocenters. The highest BCUT2D eigenvalue weighted by Crippen LogP contribution is 2.11. The normalized spacial score (nSPS) is 33.6. The van der Waals surface area contributed by atoms with Crippen molar-refractivity contribution in [1.29, 1.82) is 0 Å². The standard InChI is InChI=1S/C6H11ClN2O/c1-4-5(9-7)2-3-8-6(4)10/h4-5,9H,2-3H2,1H3,(H,8,10)/t4-,5-/m0/s1. The number of amides is 1. The van der Waals surface area contributed by atoms with Crippen molar-refractivity contribution >= 4 is 17.7 Å². The molecule has 1 heterocycles. The van der Waals surface area contributed by atoms with Crippen LogP contribution in [0.5, 0.6) is 0 Å². The molecule has 1 aliphatic heterocycles. The zero-order valence-electron chi connectivity index (χ0n) is 5.86. The largest absolute Gasteiger partial charge is 0.356 e. The van der Waals surface area contributed by atoms with E-state index in [1.165, 1.54) is 0 Å². The Labute approximate surface area is 65.2 Å². The third-order valence-electron chi connectivity index (χ3n) is 1.91. The number of hydrogen-bond donors (Lipinski definition) is 2. The molecule has 0 spiro atoms. The molecule has 1 amide bonds. The number of halogens is 1. The van der Waals surface area contributed by atoms with Gasteiger partial charge in [0.05, 0.1) is 5.92 Å². The van der Waals surface area contributed by atoms with Gasteiger partial charge in [0.1, 0.15) is 0 Å². The van der Waals surface area contributed by atoms with Gasteiger partial charge in [0.2, 0.25) is 5.91 Å². The van der Waals surface area contributed by atoms with Gasteiger partial charge < -0.3 is 5.32 Å². The number of piperidine rings is 1. The molecule has 0 aliphatic carbocycles. The van der Waals surface area contributed by atoms with E-state index in [4.69, 9.17) is 11.8 Å². The first kappa shape index (κ1) is 7.82. The molecule has 1 aliphatic rings. The minimum absolute atomic E-state index is 0.00810. The van der Waals surface area contributed by atoms with Crippen molar-refractivity contribution in [1.82, 2.24) is 10.2 Å². The molecule has 0 bridgehead atoms. The number of nitrogens with one attached hydrogen (secondary N) is 2. The summed E-state index contributed by atoms with van der Waals surface area (Å²) in [6.45, 7) is 2.60. The summed E-state index contributed by atoms with van der Waals surface area (Å²) in [4.78, 5) is 13.5. The summed E-state index contributed by atoms with van der Waals surface area (Å²) >= 11 is 5.41. The minimum atomic E-state index is -0.00810. The lowest BCUT2D eigenvalue weighted by atomic mass is 9.96. The first-order valence-electron chi connectivity index (χ1n) is 3.39. The van der Waals surface area contributed by atoms with Crippen molar-refractivity contribution in [3.8, 4) is 0 Å². The number of carbonyl (C=O) groups excluding carboxylic acids is 1. The molecule has 4 heteroatoms. The number of carbonyl (C=O) groups is 1. The van der Waals surface area contributed by atoms with Crippen LogP contribution in [0.2, 0.25) is 0 Å². The van der Waals surface area contributed by atoms with E-state index in [9.17, 15) is 4.79 Å². The highest BCUT2D eigenvalue weighted by atomic mass is 35.5. The molecule has 0 aromatic carbocycles. The maximum absolute atomic E-state index is 11.0. The van der Waals surface area contributed by atoms with Gasteiger partial charge in [-0.15, -0.1) is 0 Å². The lowest BCUT2D eigenvalue weighted by Gasteiger charge is -2.26. The van der Waals surface area contributed by atoms with Crippen molar-refractivity contribution in [2.24, 2.45) is 5.92 Å². The molecule has 1 rings (SSSR count). The SMILES string of the molecule is C[C@@H]1C(=O)NCC[C@@H]1NCl. The van der Waals surface area contributed by atoms with E-state index in [1.54, 1.807) is 0 Å². The second-order valence-corrected chi connectivity index (χ2v) is 2.80. The fraction of sp³-hybridized carbons (Fsp3) is 0.833. The predicted octanol–water partition coefficient (Wildman–Crippen LogP) is 0.254. The molecule has 0 radical (unpaired) electrons. The molecular formula is C6H11ClN2O. The van der Waals surface area contributed by atoms with Crippen LogP contribution in [-0.4, -0.2) is 18.5 Å². The zero-order valence-corrected chi connectivity index (χ0v) is 6.61. The molecule has 2 atom stereocenters. The summed E-state index contributed by atoms with van der Waals surface area (Å²) in [6, 6.07) is 0.135. The van der Waals surface area contributed by atoms with Crippen LogP contribution in [0.15, 0.2) is 0 Å². The van der Waals surface area contributed by atoms with Crippen LogP contribution in [0, 0.1) is 5.92 Å². The van der Waals surface area contributed by atoms with Crippen molar-refractivity contribution in [3.05, 3.63) is 0 Å². The second-order valence-electron chi connectivity index (χ2n) is 2.58. The molecule has 0 aromatic rings. The highest BCUT2D eigenvalue weighted by Gasteiger charge is 2.26. The van der Waals surface area contributed by atoms with Crippen LogP contribution in [0.1, 0.15) is 13.3 Å². The molecule has 0 aromatic heterocycles. The Morgan fingerprint density at radius 3 is 3.00 bits per heavy atom. The third-order valence-corrected chi connectivity index (χ3v) is 2.19.